The van der Waals surface area contributed by atoms with Gasteiger partial charge in [0.2, 0.25) is 11.8 Å². The number of rotatable bonds is 10. The van der Waals surface area contributed by atoms with Crippen LogP contribution in [0.25, 0.3) is 0 Å². The third-order valence-electron chi connectivity index (χ3n) is 4.58. The molecule has 0 aliphatic rings. The van der Waals surface area contributed by atoms with Crippen LogP contribution in [-0.2, 0) is 22.9 Å². The van der Waals surface area contributed by atoms with Gasteiger partial charge in [-0.3, -0.25) is 9.59 Å². The molecule has 0 saturated carbocycles. The molecule has 0 aliphatic heterocycles. The minimum Gasteiger partial charge on any atom is -0.377 e. The Morgan fingerprint density at radius 1 is 1.04 bits per heavy atom. The summed E-state index contributed by atoms with van der Waals surface area (Å²) in [5.41, 5.74) is 0.0140. The molecule has 3 unspecified atom stereocenters. The second-order valence-electron chi connectivity index (χ2n) is 5.80. The Morgan fingerprint density at radius 2 is 1.52 bits per heavy atom. The normalized spacial score (nSPS) is 15.7. The second kappa shape index (κ2) is 10.0. The standard InChI is InChI=1S/C15H32N2O5Si/c1-11(13(3)23(20-6,21-7)22-8)12(2)17(15(5)19)10-9-16-14(4)18/h11-13H,9-10H2,1-8H3,(H,16,18). The highest BCUT2D eigenvalue weighted by Gasteiger charge is 2.48. The van der Waals surface area contributed by atoms with Gasteiger partial charge in [-0.05, 0) is 12.8 Å². The Balaban J connectivity index is 5.07. The third-order valence-corrected chi connectivity index (χ3v) is 7.93. The summed E-state index contributed by atoms with van der Waals surface area (Å²) in [6, 6.07) is -0.0383. The number of hydrogen-bond donors (Lipinski definition) is 1. The van der Waals surface area contributed by atoms with Crippen LogP contribution in [0, 0.1) is 5.92 Å². The predicted octanol–water partition coefficient (Wildman–Crippen LogP) is 1.26. The molecule has 1 N–H and O–H groups in total. The van der Waals surface area contributed by atoms with Gasteiger partial charge < -0.3 is 23.5 Å². The van der Waals surface area contributed by atoms with Crippen molar-refractivity contribution in [3.05, 3.63) is 0 Å². The summed E-state index contributed by atoms with van der Waals surface area (Å²) in [7, 11) is 1.99. The van der Waals surface area contributed by atoms with E-state index in [-0.39, 0.29) is 29.3 Å². The first-order valence-corrected chi connectivity index (χ1v) is 9.64. The van der Waals surface area contributed by atoms with E-state index in [2.05, 4.69) is 12.2 Å². The van der Waals surface area contributed by atoms with Gasteiger partial charge in [0.15, 0.2) is 0 Å². The summed E-state index contributed by atoms with van der Waals surface area (Å²) in [6.45, 7) is 9.97. The van der Waals surface area contributed by atoms with Crippen LogP contribution in [0.2, 0.25) is 5.54 Å². The van der Waals surface area contributed by atoms with Crippen molar-refractivity contribution in [3.8, 4) is 0 Å². The quantitative estimate of drug-likeness (QED) is 0.602. The van der Waals surface area contributed by atoms with E-state index in [1.807, 2.05) is 13.8 Å². The monoisotopic (exact) mass is 348 g/mol. The van der Waals surface area contributed by atoms with E-state index < -0.39 is 8.80 Å². The molecule has 136 valence electrons. The fraction of sp³-hybridized carbons (Fsp3) is 0.867. The number of nitrogens with one attached hydrogen (secondary N) is 1. The highest BCUT2D eigenvalue weighted by molar-refractivity contribution is 6.62. The molecule has 0 spiro atoms. The molecule has 8 heteroatoms. The molecule has 0 radical (unpaired) electrons. The molecule has 2 amide bonds. The minimum absolute atomic E-state index is 0.0140. The molecule has 23 heavy (non-hydrogen) atoms. The molecule has 0 aromatic rings. The average Bonchev–Trinajstić information content (AvgIpc) is 2.51. The van der Waals surface area contributed by atoms with Gasteiger partial charge in [-0.1, -0.05) is 13.8 Å². The van der Waals surface area contributed by atoms with Crippen molar-refractivity contribution in [1.29, 1.82) is 0 Å². The Labute approximate surface area is 141 Å². The number of carbonyl (C=O) groups is 2. The van der Waals surface area contributed by atoms with Crippen molar-refractivity contribution in [2.24, 2.45) is 5.92 Å². The first-order valence-electron chi connectivity index (χ1n) is 7.83. The lowest BCUT2D eigenvalue weighted by atomic mass is 9.98. The lowest BCUT2D eigenvalue weighted by Gasteiger charge is -2.40. The zero-order chi connectivity index (χ0) is 18.2. The van der Waals surface area contributed by atoms with Gasteiger partial charge >= 0.3 is 8.80 Å². The molecule has 0 aromatic carbocycles. The van der Waals surface area contributed by atoms with E-state index >= 15 is 0 Å². The number of nitrogens with zero attached hydrogens (tertiary/aromatic N) is 1. The molecule has 0 saturated heterocycles. The summed E-state index contributed by atoms with van der Waals surface area (Å²) in [4.78, 5) is 24.7. The van der Waals surface area contributed by atoms with Crippen molar-refractivity contribution in [2.75, 3.05) is 34.4 Å². The van der Waals surface area contributed by atoms with Crippen molar-refractivity contribution >= 4 is 20.6 Å². The van der Waals surface area contributed by atoms with Crippen LogP contribution in [0.5, 0.6) is 0 Å². The highest BCUT2D eigenvalue weighted by Crippen LogP contribution is 2.34. The SMILES string of the molecule is CO[Si](OC)(OC)C(C)C(C)C(C)N(CCNC(C)=O)C(C)=O. The Bertz CT molecular complexity index is 382. The van der Waals surface area contributed by atoms with Crippen LogP contribution >= 0.6 is 0 Å². The summed E-state index contributed by atoms with van der Waals surface area (Å²) in [5, 5.41) is 2.72. The number of hydrogen-bond acceptors (Lipinski definition) is 5. The zero-order valence-corrected chi connectivity index (χ0v) is 16.6. The van der Waals surface area contributed by atoms with Crippen LogP contribution in [0.15, 0.2) is 0 Å². The van der Waals surface area contributed by atoms with E-state index in [4.69, 9.17) is 13.3 Å². The van der Waals surface area contributed by atoms with E-state index in [0.29, 0.717) is 13.1 Å². The second-order valence-corrected chi connectivity index (χ2v) is 9.14. The van der Waals surface area contributed by atoms with Gasteiger partial charge in [0.05, 0.1) is 0 Å². The van der Waals surface area contributed by atoms with Gasteiger partial charge in [0.1, 0.15) is 0 Å². The molecule has 3 atom stereocenters. The van der Waals surface area contributed by atoms with Crippen LogP contribution in [0.4, 0.5) is 0 Å². The van der Waals surface area contributed by atoms with Gasteiger partial charge in [0.25, 0.3) is 0 Å². The molecule has 0 heterocycles. The van der Waals surface area contributed by atoms with Gasteiger partial charge in [0, 0.05) is 59.8 Å². The smallest absolute Gasteiger partial charge is 0.377 e. The van der Waals surface area contributed by atoms with Crippen LogP contribution in [0.1, 0.15) is 34.6 Å². The average molecular weight is 349 g/mol. The molecule has 0 rings (SSSR count). The largest absolute Gasteiger partial charge is 0.503 e. The first kappa shape index (κ1) is 22.0. The van der Waals surface area contributed by atoms with Gasteiger partial charge in [-0.2, -0.15) is 0 Å². The van der Waals surface area contributed by atoms with Gasteiger partial charge in [-0.15, -0.1) is 0 Å². The zero-order valence-electron chi connectivity index (χ0n) is 15.6. The molecule has 0 aromatic heterocycles. The van der Waals surface area contributed by atoms with Crippen molar-refractivity contribution in [3.63, 3.8) is 0 Å². The fourth-order valence-electron chi connectivity index (χ4n) is 2.83. The van der Waals surface area contributed by atoms with E-state index in [9.17, 15) is 9.59 Å². The summed E-state index contributed by atoms with van der Waals surface area (Å²) >= 11 is 0. The van der Waals surface area contributed by atoms with E-state index in [1.54, 1.807) is 26.2 Å². The van der Waals surface area contributed by atoms with Crippen LogP contribution in [-0.4, -0.2) is 66.0 Å². The highest BCUT2D eigenvalue weighted by atomic mass is 28.4. The molecular formula is C15H32N2O5Si. The Morgan fingerprint density at radius 3 is 1.87 bits per heavy atom. The van der Waals surface area contributed by atoms with Crippen molar-refractivity contribution in [2.45, 2.75) is 46.2 Å². The van der Waals surface area contributed by atoms with E-state index in [1.165, 1.54) is 13.8 Å². The maximum atomic E-state index is 12.0. The predicted molar refractivity (Wildman–Crippen MR) is 90.9 cm³/mol. The van der Waals surface area contributed by atoms with Gasteiger partial charge in [-0.25, -0.2) is 0 Å². The third kappa shape index (κ3) is 5.87. The summed E-state index contributed by atoms with van der Waals surface area (Å²) in [6.07, 6.45) is 0. The van der Waals surface area contributed by atoms with Crippen molar-refractivity contribution < 1.29 is 22.9 Å². The maximum absolute atomic E-state index is 12.0. The molecule has 0 bridgehead atoms. The lowest BCUT2D eigenvalue weighted by Crippen LogP contribution is -2.53. The summed E-state index contributed by atoms with van der Waals surface area (Å²) < 4.78 is 16.7. The summed E-state index contributed by atoms with van der Waals surface area (Å²) in [5.74, 6) is -0.0312. The minimum atomic E-state index is -2.78. The molecule has 7 nitrogen and oxygen atoms in total. The van der Waals surface area contributed by atoms with Crippen LogP contribution in [0.3, 0.4) is 0 Å². The Kier molecular flexibility index (Phi) is 9.60. The topological polar surface area (TPSA) is 77.1 Å². The lowest BCUT2D eigenvalue weighted by molar-refractivity contribution is -0.132. The van der Waals surface area contributed by atoms with E-state index in [0.717, 1.165) is 0 Å². The number of amides is 2. The van der Waals surface area contributed by atoms with Crippen LogP contribution < -0.4 is 5.32 Å². The fourth-order valence-corrected chi connectivity index (χ4v) is 5.37. The molecular weight excluding hydrogens is 316 g/mol. The first-order chi connectivity index (χ1) is 10.7. The Hall–Kier alpha value is -0.963. The maximum Gasteiger partial charge on any atom is 0.503 e. The molecule has 0 aliphatic carbocycles. The number of carbonyl (C=O) groups excluding carboxylic acids is 2. The van der Waals surface area contributed by atoms with Crippen molar-refractivity contribution in [1.82, 2.24) is 10.2 Å². The molecule has 0 fully saturated rings.